The Labute approximate surface area is 102 Å². The van der Waals surface area contributed by atoms with Crippen molar-refractivity contribution in [2.45, 2.75) is 13.0 Å². The minimum absolute atomic E-state index is 0.361. The fraction of sp³-hybridized carbons (Fsp3) is 0.300. The van der Waals surface area contributed by atoms with Crippen LogP contribution >= 0.6 is 11.6 Å². The lowest BCUT2D eigenvalue weighted by atomic mass is 10.1. The van der Waals surface area contributed by atoms with Crippen molar-refractivity contribution in [3.8, 4) is 0 Å². The second-order valence-corrected chi connectivity index (χ2v) is 3.93. The van der Waals surface area contributed by atoms with Crippen LogP contribution in [0.15, 0.2) is 18.2 Å². The van der Waals surface area contributed by atoms with Gasteiger partial charge in [0.25, 0.3) is 0 Å². The standard InChI is InChI=1S/C10H11ClFN5/c11-9-6-8(12)2-1-7(9)5-10-14-15-16-17(10)4-3-13/h1-2,6H,3-5,13H2. The molecule has 0 spiro atoms. The second-order valence-electron chi connectivity index (χ2n) is 3.52. The molecule has 0 aliphatic heterocycles. The Hall–Kier alpha value is -1.53. The van der Waals surface area contributed by atoms with Crippen LogP contribution in [0.5, 0.6) is 0 Å². The lowest BCUT2D eigenvalue weighted by molar-refractivity contribution is 0.577. The van der Waals surface area contributed by atoms with Gasteiger partial charge >= 0.3 is 0 Å². The van der Waals surface area contributed by atoms with Crippen molar-refractivity contribution in [3.05, 3.63) is 40.4 Å². The van der Waals surface area contributed by atoms with Gasteiger partial charge in [-0.1, -0.05) is 17.7 Å². The van der Waals surface area contributed by atoms with E-state index in [9.17, 15) is 4.39 Å². The first-order valence-corrected chi connectivity index (χ1v) is 5.47. The van der Waals surface area contributed by atoms with Crippen LogP contribution in [0.4, 0.5) is 4.39 Å². The summed E-state index contributed by atoms with van der Waals surface area (Å²) in [6.45, 7) is 0.996. The van der Waals surface area contributed by atoms with Crippen LogP contribution in [0.3, 0.4) is 0 Å². The number of nitrogens with two attached hydrogens (primary N) is 1. The van der Waals surface area contributed by atoms with Crippen molar-refractivity contribution < 1.29 is 4.39 Å². The summed E-state index contributed by atoms with van der Waals surface area (Å²) < 4.78 is 14.5. The van der Waals surface area contributed by atoms with Crippen LogP contribution in [0, 0.1) is 5.82 Å². The van der Waals surface area contributed by atoms with Gasteiger partial charge < -0.3 is 5.73 Å². The number of aromatic nitrogens is 4. The fourth-order valence-corrected chi connectivity index (χ4v) is 1.72. The minimum atomic E-state index is -0.361. The van der Waals surface area contributed by atoms with Crippen molar-refractivity contribution in [2.24, 2.45) is 5.73 Å². The summed E-state index contributed by atoms with van der Waals surface area (Å²) in [5, 5.41) is 11.6. The first-order chi connectivity index (χ1) is 8.20. The van der Waals surface area contributed by atoms with Gasteiger partial charge in [0.05, 0.1) is 6.54 Å². The highest BCUT2D eigenvalue weighted by Crippen LogP contribution is 2.19. The van der Waals surface area contributed by atoms with E-state index >= 15 is 0 Å². The first-order valence-electron chi connectivity index (χ1n) is 5.09. The molecule has 0 aliphatic rings. The summed E-state index contributed by atoms with van der Waals surface area (Å²) in [6, 6.07) is 4.26. The molecule has 90 valence electrons. The molecule has 7 heteroatoms. The van der Waals surface area contributed by atoms with Crippen molar-refractivity contribution in [1.29, 1.82) is 0 Å². The Morgan fingerprint density at radius 3 is 2.94 bits per heavy atom. The summed E-state index contributed by atoms with van der Waals surface area (Å²) >= 11 is 5.93. The molecule has 0 radical (unpaired) electrons. The molecule has 17 heavy (non-hydrogen) atoms. The molecule has 2 N–H and O–H groups in total. The van der Waals surface area contributed by atoms with Gasteiger partial charge in [0.2, 0.25) is 0 Å². The average molecular weight is 256 g/mol. The zero-order valence-electron chi connectivity index (χ0n) is 8.98. The number of nitrogens with zero attached hydrogens (tertiary/aromatic N) is 4. The minimum Gasteiger partial charge on any atom is -0.329 e. The van der Waals surface area contributed by atoms with Crippen LogP contribution < -0.4 is 5.73 Å². The maximum Gasteiger partial charge on any atom is 0.155 e. The molecule has 2 aromatic rings. The molecule has 1 aromatic heterocycles. The summed E-state index contributed by atoms with van der Waals surface area (Å²) in [4.78, 5) is 0. The average Bonchev–Trinajstić information content (AvgIpc) is 2.71. The summed E-state index contributed by atoms with van der Waals surface area (Å²) in [5.41, 5.74) is 6.22. The summed E-state index contributed by atoms with van der Waals surface area (Å²) in [6.07, 6.45) is 0.451. The fourth-order valence-electron chi connectivity index (χ4n) is 1.48. The van der Waals surface area contributed by atoms with E-state index in [1.807, 2.05) is 0 Å². The van der Waals surface area contributed by atoms with Crippen LogP contribution in [0.1, 0.15) is 11.4 Å². The van der Waals surface area contributed by atoms with Gasteiger partial charge in [0.1, 0.15) is 5.82 Å². The monoisotopic (exact) mass is 255 g/mol. The third-order valence-electron chi connectivity index (χ3n) is 2.31. The van der Waals surface area contributed by atoms with E-state index in [4.69, 9.17) is 17.3 Å². The second kappa shape index (κ2) is 5.20. The summed E-state index contributed by atoms with van der Waals surface area (Å²) in [5.74, 6) is 0.296. The molecule has 0 saturated carbocycles. The zero-order chi connectivity index (χ0) is 12.3. The number of rotatable bonds is 4. The third-order valence-corrected chi connectivity index (χ3v) is 2.66. The molecule has 0 atom stereocenters. The number of halogens is 2. The van der Waals surface area contributed by atoms with Gasteiger partial charge in [0.15, 0.2) is 5.82 Å². The van der Waals surface area contributed by atoms with Crippen LogP contribution in [-0.4, -0.2) is 26.8 Å². The predicted molar refractivity (Wildman–Crippen MR) is 61.1 cm³/mol. The van der Waals surface area contributed by atoms with Gasteiger partial charge in [-0.15, -0.1) is 5.10 Å². The molecule has 0 unspecified atom stereocenters. The molecule has 5 nitrogen and oxygen atoms in total. The SMILES string of the molecule is NCCn1nnnc1Cc1ccc(F)cc1Cl. The number of tetrazole rings is 1. The Morgan fingerprint density at radius 2 is 2.24 bits per heavy atom. The Morgan fingerprint density at radius 1 is 1.41 bits per heavy atom. The Bertz CT molecular complexity index is 513. The zero-order valence-corrected chi connectivity index (χ0v) is 9.73. The van der Waals surface area contributed by atoms with E-state index in [1.165, 1.54) is 12.1 Å². The molecule has 1 heterocycles. The highest BCUT2D eigenvalue weighted by atomic mass is 35.5. The van der Waals surface area contributed by atoms with Gasteiger partial charge in [-0.2, -0.15) is 0 Å². The maximum absolute atomic E-state index is 12.9. The molecule has 2 rings (SSSR count). The van der Waals surface area contributed by atoms with E-state index in [0.717, 1.165) is 5.56 Å². The van der Waals surface area contributed by atoms with Crippen molar-refractivity contribution in [1.82, 2.24) is 20.2 Å². The van der Waals surface area contributed by atoms with Gasteiger partial charge in [-0.05, 0) is 28.1 Å². The predicted octanol–water partition coefficient (Wildman–Crippen LogP) is 1.02. The van der Waals surface area contributed by atoms with Gasteiger partial charge in [-0.25, -0.2) is 9.07 Å². The van der Waals surface area contributed by atoms with Crippen molar-refractivity contribution >= 4 is 11.6 Å². The Balaban J connectivity index is 2.22. The number of hydrogen-bond donors (Lipinski definition) is 1. The van der Waals surface area contributed by atoms with E-state index < -0.39 is 0 Å². The van der Waals surface area contributed by atoms with Crippen molar-refractivity contribution in [2.75, 3.05) is 6.54 Å². The quantitative estimate of drug-likeness (QED) is 0.885. The topological polar surface area (TPSA) is 69.6 Å². The van der Waals surface area contributed by atoms with Crippen molar-refractivity contribution in [3.63, 3.8) is 0 Å². The Kier molecular flexibility index (Phi) is 3.65. The van der Waals surface area contributed by atoms with Gasteiger partial charge in [0, 0.05) is 18.0 Å². The van der Waals surface area contributed by atoms with Gasteiger partial charge in [-0.3, -0.25) is 0 Å². The molecule has 0 fully saturated rings. The van der Waals surface area contributed by atoms with Crippen LogP contribution in [0.25, 0.3) is 0 Å². The van der Waals surface area contributed by atoms with E-state index in [2.05, 4.69) is 15.5 Å². The molecule has 0 saturated heterocycles. The molecule has 0 aliphatic carbocycles. The smallest absolute Gasteiger partial charge is 0.155 e. The lowest BCUT2D eigenvalue weighted by Crippen LogP contribution is -2.14. The summed E-state index contributed by atoms with van der Waals surface area (Å²) in [7, 11) is 0. The largest absolute Gasteiger partial charge is 0.329 e. The molecular formula is C10H11ClFN5. The molecule has 1 aromatic carbocycles. The third kappa shape index (κ3) is 2.78. The molecular weight excluding hydrogens is 245 g/mol. The lowest BCUT2D eigenvalue weighted by Gasteiger charge is -2.04. The first kappa shape index (κ1) is 11.9. The van der Waals surface area contributed by atoms with Crippen LogP contribution in [0.2, 0.25) is 5.02 Å². The number of hydrogen-bond acceptors (Lipinski definition) is 4. The highest BCUT2D eigenvalue weighted by Gasteiger charge is 2.09. The maximum atomic E-state index is 12.9. The highest BCUT2D eigenvalue weighted by molar-refractivity contribution is 6.31. The van der Waals surface area contributed by atoms with Crippen LogP contribution in [-0.2, 0) is 13.0 Å². The number of benzene rings is 1. The van der Waals surface area contributed by atoms with E-state index in [1.54, 1.807) is 10.7 Å². The molecule has 0 amide bonds. The van der Waals surface area contributed by atoms with E-state index in [-0.39, 0.29) is 5.82 Å². The normalized spacial score (nSPS) is 10.8. The molecule has 0 bridgehead atoms. The van der Waals surface area contributed by atoms with E-state index in [0.29, 0.717) is 30.4 Å².